The minimum Gasteiger partial charge on any atom is -0.438 e. The highest BCUT2D eigenvalue weighted by Gasteiger charge is 2.20. The van der Waals surface area contributed by atoms with Gasteiger partial charge in [-0.15, -0.1) is 0 Å². The first-order valence-corrected chi connectivity index (χ1v) is 20.6. The van der Waals surface area contributed by atoms with E-state index in [2.05, 4.69) is 212 Å². The highest BCUT2D eigenvalue weighted by atomic mass is 16.3. The Morgan fingerprint density at radius 1 is 0.262 bits per heavy atom. The number of nitrogens with zero attached hydrogens (tertiary/aromatic N) is 2. The quantitative estimate of drug-likeness (QED) is 0.154. The number of benzene rings is 9. The van der Waals surface area contributed by atoms with Gasteiger partial charge in [-0.05, 0) is 121 Å². The van der Waals surface area contributed by atoms with Gasteiger partial charge < -0.3 is 4.42 Å². The van der Waals surface area contributed by atoms with Crippen LogP contribution in [-0.2, 0) is 0 Å². The molecular formula is C58H38N2O. The van der Waals surface area contributed by atoms with E-state index in [-0.39, 0.29) is 0 Å². The van der Waals surface area contributed by atoms with E-state index in [0.717, 1.165) is 77.7 Å². The average Bonchev–Trinajstić information content (AvgIpc) is 3.73. The molecular weight excluding hydrogens is 741 g/mol. The predicted octanol–water partition coefficient (Wildman–Crippen LogP) is 15.7. The van der Waals surface area contributed by atoms with Crippen molar-refractivity contribution in [3.8, 4) is 89.4 Å². The van der Waals surface area contributed by atoms with Gasteiger partial charge in [-0.2, -0.15) is 4.98 Å². The van der Waals surface area contributed by atoms with Gasteiger partial charge in [0.2, 0.25) is 5.71 Å². The molecule has 2 aromatic heterocycles. The highest BCUT2D eigenvalue weighted by Crippen LogP contribution is 2.40. The van der Waals surface area contributed by atoms with Crippen LogP contribution in [0.3, 0.4) is 0 Å². The summed E-state index contributed by atoms with van der Waals surface area (Å²) < 4.78 is 6.52. The molecule has 0 aliphatic carbocycles. The Morgan fingerprint density at radius 2 is 0.607 bits per heavy atom. The Balaban J connectivity index is 1.04. The first kappa shape index (κ1) is 36.0. The smallest absolute Gasteiger partial charge is 0.231 e. The first-order chi connectivity index (χ1) is 30.2. The molecule has 0 unspecified atom stereocenters. The molecule has 0 atom stereocenters. The third kappa shape index (κ3) is 7.09. The van der Waals surface area contributed by atoms with Gasteiger partial charge in [-0.25, -0.2) is 4.98 Å². The van der Waals surface area contributed by atoms with Crippen molar-refractivity contribution in [1.29, 1.82) is 0 Å². The third-order valence-corrected chi connectivity index (χ3v) is 11.5. The highest BCUT2D eigenvalue weighted by molar-refractivity contribution is 6.11. The summed E-state index contributed by atoms with van der Waals surface area (Å²) in [6.07, 6.45) is 0. The van der Waals surface area contributed by atoms with Crippen LogP contribution in [0.2, 0.25) is 0 Å². The summed E-state index contributed by atoms with van der Waals surface area (Å²) in [7, 11) is 0. The van der Waals surface area contributed by atoms with Crippen LogP contribution in [0.5, 0.6) is 0 Å². The van der Waals surface area contributed by atoms with E-state index in [1.54, 1.807) is 0 Å². The summed E-state index contributed by atoms with van der Waals surface area (Å²) in [5.41, 5.74) is 17.8. The summed E-state index contributed by atoms with van der Waals surface area (Å²) in [5, 5.41) is 1.89. The van der Waals surface area contributed by atoms with Crippen LogP contribution in [-0.4, -0.2) is 9.97 Å². The van der Waals surface area contributed by atoms with Crippen LogP contribution in [0.4, 0.5) is 0 Å². The lowest BCUT2D eigenvalue weighted by molar-refractivity contribution is 0.653. The Morgan fingerprint density at radius 3 is 1.10 bits per heavy atom. The van der Waals surface area contributed by atoms with Crippen molar-refractivity contribution in [1.82, 2.24) is 9.97 Å². The zero-order chi connectivity index (χ0) is 40.5. The SMILES string of the molecule is c1ccc(-c2cc(-c3ccccc3)cc(-c3cccc(-c4cccc(-c5nc(-c6cc(-c7ccccc7)cc(-c7ccccc7)c6)c6c(n5)oc5ccccc56)c4)c3)c2)cc1. The summed E-state index contributed by atoms with van der Waals surface area (Å²) in [6.45, 7) is 0. The Bertz CT molecular complexity index is 3220. The fraction of sp³-hybridized carbons (Fsp3) is 0. The number of para-hydroxylation sites is 1. The lowest BCUT2D eigenvalue weighted by Crippen LogP contribution is -1.95. The Hall–Kier alpha value is -8.14. The van der Waals surface area contributed by atoms with Crippen molar-refractivity contribution in [2.24, 2.45) is 0 Å². The fourth-order valence-corrected chi connectivity index (χ4v) is 8.42. The number of furan rings is 1. The molecule has 0 amide bonds. The maximum atomic E-state index is 6.52. The van der Waals surface area contributed by atoms with Gasteiger partial charge >= 0.3 is 0 Å². The van der Waals surface area contributed by atoms with E-state index < -0.39 is 0 Å². The summed E-state index contributed by atoms with van der Waals surface area (Å²) in [6, 6.07) is 81.4. The number of fused-ring (bicyclic) bond motifs is 3. The van der Waals surface area contributed by atoms with Crippen LogP contribution in [0.25, 0.3) is 111 Å². The molecule has 3 nitrogen and oxygen atoms in total. The standard InChI is InChI=1S/C58H38N2O/c1-5-17-39(18-6-1)47-33-48(40-19-7-2-8-20-40)36-51(35-47)45-27-15-25-43(31-45)44-26-16-28-46(32-44)57-59-56(55-53-29-13-14-30-54(53)61-58(55)60-57)52-37-49(41-21-9-3-10-22-41)34-50(38-52)42-23-11-4-12-24-42/h1-38H. The van der Waals surface area contributed by atoms with Crippen LogP contribution in [0.15, 0.2) is 235 Å². The molecule has 11 rings (SSSR count). The van der Waals surface area contributed by atoms with Crippen molar-refractivity contribution < 1.29 is 4.42 Å². The van der Waals surface area contributed by atoms with E-state index in [0.29, 0.717) is 11.5 Å². The molecule has 0 radical (unpaired) electrons. The van der Waals surface area contributed by atoms with Crippen LogP contribution < -0.4 is 0 Å². The zero-order valence-electron chi connectivity index (χ0n) is 33.2. The fourth-order valence-electron chi connectivity index (χ4n) is 8.42. The van der Waals surface area contributed by atoms with Crippen molar-refractivity contribution in [3.05, 3.63) is 231 Å². The van der Waals surface area contributed by atoms with Crippen LogP contribution in [0.1, 0.15) is 0 Å². The first-order valence-electron chi connectivity index (χ1n) is 20.6. The van der Waals surface area contributed by atoms with Crippen molar-refractivity contribution in [3.63, 3.8) is 0 Å². The molecule has 0 bridgehead atoms. The molecule has 11 aromatic rings. The number of aromatic nitrogens is 2. The Kier molecular flexibility index (Phi) is 9.18. The normalized spacial score (nSPS) is 11.3. The van der Waals surface area contributed by atoms with E-state index in [9.17, 15) is 0 Å². The van der Waals surface area contributed by atoms with Gasteiger partial charge in [0.25, 0.3) is 0 Å². The second kappa shape index (κ2) is 15.6. The van der Waals surface area contributed by atoms with Gasteiger partial charge in [0.05, 0.1) is 11.1 Å². The number of hydrogen-bond donors (Lipinski definition) is 0. The number of rotatable bonds is 8. The van der Waals surface area contributed by atoms with Crippen molar-refractivity contribution in [2.45, 2.75) is 0 Å². The minimum absolute atomic E-state index is 0.562. The second-order valence-corrected chi connectivity index (χ2v) is 15.4. The van der Waals surface area contributed by atoms with Gasteiger partial charge in [0.15, 0.2) is 5.82 Å². The molecule has 3 heteroatoms. The molecule has 0 saturated carbocycles. The molecule has 0 spiro atoms. The second-order valence-electron chi connectivity index (χ2n) is 15.4. The average molecular weight is 779 g/mol. The molecule has 0 N–H and O–H groups in total. The molecule has 9 aromatic carbocycles. The predicted molar refractivity (Wildman–Crippen MR) is 253 cm³/mol. The maximum Gasteiger partial charge on any atom is 0.231 e. The summed E-state index contributed by atoms with van der Waals surface area (Å²) >= 11 is 0. The zero-order valence-corrected chi connectivity index (χ0v) is 33.2. The van der Waals surface area contributed by atoms with Gasteiger partial charge in [-0.3, -0.25) is 0 Å². The van der Waals surface area contributed by atoms with Gasteiger partial charge in [0, 0.05) is 16.5 Å². The van der Waals surface area contributed by atoms with E-state index in [1.165, 1.54) is 22.3 Å². The van der Waals surface area contributed by atoms with E-state index >= 15 is 0 Å². The Labute approximate surface area is 354 Å². The summed E-state index contributed by atoms with van der Waals surface area (Å²) in [5.74, 6) is 0.606. The monoisotopic (exact) mass is 778 g/mol. The topological polar surface area (TPSA) is 38.9 Å². The maximum absolute atomic E-state index is 6.52. The summed E-state index contributed by atoms with van der Waals surface area (Å²) in [4.78, 5) is 10.6. The number of hydrogen-bond acceptors (Lipinski definition) is 3. The minimum atomic E-state index is 0.562. The van der Waals surface area contributed by atoms with Crippen LogP contribution >= 0.6 is 0 Å². The molecule has 61 heavy (non-hydrogen) atoms. The van der Waals surface area contributed by atoms with E-state index in [1.807, 2.05) is 18.2 Å². The van der Waals surface area contributed by atoms with E-state index in [4.69, 9.17) is 14.4 Å². The van der Waals surface area contributed by atoms with Crippen molar-refractivity contribution >= 4 is 22.1 Å². The molecule has 0 saturated heterocycles. The molecule has 0 fully saturated rings. The molecule has 0 aliphatic heterocycles. The largest absolute Gasteiger partial charge is 0.438 e. The third-order valence-electron chi connectivity index (χ3n) is 11.5. The van der Waals surface area contributed by atoms with Gasteiger partial charge in [0.1, 0.15) is 5.58 Å². The molecule has 0 aliphatic rings. The van der Waals surface area contributed by atoms with Crippen molar-refractivity contribution in [2.75, 3.05) is 0 Å². The molecule has 286 valence electrons. The lowest BCUT2D eigenvalue weighted by Gasteiger charge is -2.13. The lowest BCUT2D eigenvalue weighted by atomic mass is 9.92. The van der Waals surface area contributed by atoms with Crippen LogP contribution in [0, 0.1) is 0 Å². The molecule has 2 heterocycles. The van der Waals surface area contributed by atoms with Gasteiger partial charge in [-0.1, -0.05) is 176 Å².